The largest absolute Gasteiger partial charge is 0.486 e. The molecule has 4 rings (SSSR count). The maximum atomic E-state index is 12.9. The number of thiazole rings is 1. The van der Waals surface area contributed by atoms with Crippen LogP contribution in [0.2, 0.25) is 0 Å². The van der Waals surface area contributed by atoms with Crippen molar-refractivity contribution in [3.8, 4) is 11.5 Å². The average Bonchev–Trinajstić information content (AvgIpc) is 3.26. The summed E-state index contributed by atoms with van der Waals surface area (Å²) in [6.45, 7) is 0.900. The van der Waals surface area contributed by atoms with Crippen molar-refractivity contribution in [2.24, 2.45) is 0 Å². The summed E-state index contributed by atoms with van der Waals surface area (Å²) in [4.78, 5) is 4.55. The van der Waals surface area contributed by atoms with Crippen LogP contribution in [0.1, 0.15) is 30.7 Å². The van der Waals surface area contributed by atoms with Gasteiger partial charge in [-0.2, -0.15) is 4.72 Å². The highest BCUT2D eigenvalue weighted by Crippen LogP contribution is 2.41. The lowest BCUT2D eigenvalue weighted by Crippen LogP contribution is -2.43. The second-order valence-corrected chi connectivity index (χ2v) is 8.61. The van der Waals surface area contributed by atoms with E-state index in [2.05, 4.69) is 9.71 Å². The quantitative estimate of drug-likeness (QED) is 0.900. The number of nitrogens with one attached hydrogen (secondary N) is 1. The molecule has 1 aliphatic carbocycles. The summed E-state index contributed by atoms with van der Waals surface area (Å²) >= 11 is 1.50. The van der Waals surface area contributed by atoms with Crippen LogP contribution in [0.3, 0.4) is 0 Å². The number of nitrogens with zero attached hydrogens (tertiary/aromatic N) is 1. The van der Waals surface area contributed by atoms with Crippen LogP contribution in [0.15, 0.2) is 34.7 Å². The van der Waals surface area contributed by atoms with Crippen LogP contribution in [-0.4, -0.2) is 26.6 Å². The minimum Gasteiger partial charge on any atom is -0.486 e. The minimum atomic E-state index is -3.68. The zero-order valence-electron chi connectivity index (χ0n) is 13.0. The Morgan fingerprint density at radius 2 is 1.88 bits per heavy atom. The Kier molecular flexibility index (Phi) is 3.98. The Bertz CT molecular complexity index is 828. The van der Waals surface area contributed by atoms with Gasteiger partial charge in [-0.15, -0.1) is 11.3 Å². The molecule has 0 amide bonds. The first-order valence-corrected chi connectivity index (χ1v) is 10.3. The van der Waals surface area contributed by atoms with Crippen LogP contribution in [0.4, 0.5) is 0 Å². The molecule has 1 aromatic carbocycles. The fraction of sp³-hybridized carbons (Fsp3) is 0.438. The predicted octanol–water partition coefficient (Wildman–Crippen LogP) is 2.66. The molecule has 8 heteroatoms. The van der Waals surface area contributed by atoms with E-state index in [4.69, 9.17) is 9.47 Å². The Morgan fingerprint density at radius 1 is 1.12 bits per heavy atom. The van der Waals surface area contributed by atoms with Gasteiger partial charge in [0.15, 0.2) is 11.5 Å². The van der Waals surface area contributed by atoms with Crippen molar-refractivity contribution in [1.29, 1.82) is 0 Å². The van der Waals surface area contributed by atoms with E-state index < -0.39 is 15.6 Å². The second kappa shape index (κ2) is 6.02. The van der Waals surface area contributed by atoms with Gasteiger partial charge >= 0.3 is 0 Å². The minimum absolute atomic E-state index is 0.189. The molecule has 1 saturated carbocycles. The highest BCUT2D eigenvalue weighted by Gasteiger charge is 2.41. The van der Waals surface area contributed by atoms with Crippen LogP contribution < -0.4 is 14.2 Å². The molecule has 1 aliphatic heterocycles. The van der Waals surface area contributed by atoms with Crippen LogP contribution in [0.5, 0.6) is 11.5 Å². The van der Waals surface area contributed by atoms with E-state index >= 15 is 0 Å². The first-order chi connectivity index (χ1) is 11.6. The molecule has 1 aromatic heterocycles. The summed E-state index contributed by atoms with van der Waals surface area (Å²) in [5, 5.41) is 2.72. The van der Waals surface area contributed by atoms with Crippen molar-refractivity contribution in [2.45, 2.75) is 36.1 Å². The third-order valence-corrected chi connectivity index (χ3v) is 6.96. The summed E-state index contributed by atoms with van der Waals surface area (Å²) in [6, 6.07) is 4.73. The van der Waals surface area contributed by atoms with Crippen molar-refractivity contribution in [3.05, 3.63) is 34.8 Å². The lowest BCUT2D eigenvalue weighted by molar-refractivity contribution is 0.171. The summed E-state index contributed by atoms with van der Waals surface area (Å²) in [5.74, 6) is 1.05. The van der Waals surface area contributed by atoms with E-state index in [0.717, 1.165) is 30.7 Å². The molecule has 0 saturated heterocycles. The zero-order chi connectivity index (χ0) is 16.6. The molecule has 0 unspecified atom stereocenters. The number of hydrogen-bond acceptors (Lipinski definition) is 6. The first kappa shape index (κ1) is 15.9. The zero-order valence-corrected chi connectivity index (χ0v) is 14.7. The Hall–Kier alpha value is -1.64. The van der Waals surface area contributed by atoms with Crippen molar-refractivity contribution >= 4 is 21.4 Å². The number of rotatable bonds is 4. The smallest absolute Gasteiger partial charge is 0.241 e. The summed E-state index contributed by atoms with van der Waals surface area (Å²) < 4.78 is 39.8. The molecular weight excluding hydrogens is 348 g/mol. The molecule has 128 valence electrons. The lowest BCUT2D eigenvalue weighted by Gasteiger charge is -2.28. The number of benzene rings is 1. The van der Waals surface area contributed by atoms with Gasteiger partial charge in [0.25, 0.3) is 0 Å². The van der Waals surface area contributed by atoms with E-state index in [1.165, 1.54) is 17.4 Å². The van der Waals surface area contributed by atoms with Crippen molar-refractivity contribution < 1.29 is 17.9 Å². The van der Waals surface area contributed by atoms with E-state index in [0.29, 0.717) is 24.7 Å². The van der Waals surface area contributed by atoms with Gasteiger partial charge in [-0.3, -0.25) is 0 Å². The second-order valence-electron chi connectivity index (χ2n) is 6.04. The summed E-state index contributed by atoms with van der Waals surface area (Å²) in [5.41, 5.74) is -0.597. The molecule has 2 aromatic rings. The van der Waals surface area contributed by atoms with Crippen molar-refractivity contribution in [1.82, 2.24) is 9.71 Å². The molecule has 1 fully saturated rings. The number of sulfonamides is 1. The fourth-order valence-electron chi connectivity index (χ4n) is 3.30. The molecule has 24 heavy (non-hydrogen) atoms. The van der Waals surface area contributed by atoms with Crippen LogP contribution in [0.25, 0.3) is 0 Å². The Morgan fingerprint density at radius 3 is 2.58 bits per heavy atom. The third kappa shape index (κ3) is 2.78. The standard InChI is InChI=1S/C16H18N2O4S2/c19-24(20,12-3-4-13-14(11-12)22-9-8-21-13)18-16(5-1-2-6-16)15-17-7-10-23-15/h3-4,7,10-11,18H,1-2,5-6,8-9H2. The molecular formula is C16H18N2O4S2. The predicted molar refractivity (Wildman–Crippen MR) is 90.0 cm³/mol. The molecule has 0 atom stereocenters. The van der Waals surface area contributed by atoms with Gasteiger partial charge in [-0.1, -0.05) is 12.8 Å². The van der Waals surface area contributed by atoms with Gasteiger partial charge in [-0.25, -0.2) is 13.4 Å². The van der Waals surface area contributed by atoms with Crippen molar-refractivity contribution in [2.75, 3.05) is 13.2 Å². The highest BCUT2D eigenvalue weighted by atomic mass is 32.2. The molecule has 0 bridgehead atoms. The van der Waals surface area contributed by atoms with Gasteiger partial charge in [0.2, 0.25) is 10.0 Å². The maximum absolute atomic E-state index is 12.9. The lowest BCUT2D eigenvalue weighted by atomic mass is 10.0. The SMILES string of the molecule is O=S(=O)(NC1(c2nccs2)CCCC1)c1ccc2c(c1)OCCO2. The molecule has 6 nitrogen and oxygen atoms in total. The maximum Gasteiger partial charge on any atom is 0.241 e. The Labute approximate surface area is 144 Å². The van der Waals surface area contributed by atoms with Crippen LogP contribution >= 0.6 is 11.3 Å². The summed E-state index contributed by atoms with van der Waals surface area (Å²) in [6.07, 6.45) is 5.24. The molecule has 2 heterocycles. The van der Waals surface area contributed by atoms with E-state index in [1.807, 2.05) is 5.38 Å². The van der Waals surface area contributed by atoms with Crippen molar-refractivity contribution in [3.63, 3.8) is 0 Å². The molecule has 1 N–H and O–H groups in total. The number of ether oxygens (including phenoxy) is 2. The monoisotopic (exact) mass is 366 g/mol. The van der Waals surface area contributed by atoms with Crippen LogP contribution in [0, 0.1) is 0 Å². The van der Waals surface area contributed by atoms with E-state index in [-0.39, 0.29) is 4.90 Å². The number of aromatic nitrogens is 1. The number of fused-ring (bicyclic) bond motifs is 1. The molecule has 0 radical (unpaired) electrons. The van der Waals surface area contributed by atoms with E-state index in [9.17, 15) is 8.42 Å². The fourth-order valence-corrected chi connectivity index (χ4v) is 5.67. The highest BCUT2D eigenvalue weighted by molar-refractivity contribution is 7.89. The van der Waals surface area contributed by atoms with Gasteiger partial charge in [0.1, 0.15) is 18.2 Å². The van der Waals surface area contributed by atoms with Gasteiger partial charge in [0, 0.05) is 17.6 Å². The van der Waals surface area contributed by atoms with Gasteiger partial charge < -0.3 is 9.47 Å². The van der Waals surface area contributed by atoms with Gasteiger partial charge in [-0.05, 0) is 25.0 Å². The topological polar surface area (TPSA) is 77.5 Å². The number of hydrogen-bond donors (Lipinski definition) is 1. The third-order valence-electron chi connectivity index (χ3n) is 4.45. The Balaban J connectivity index is 1.67. The molecule has 2 aliphatic rings. The van der Waals surface area contributed by atoms with Crippen LogP contribution in [-0.2, 0) is 15.6 Å². The summed E-state index contributed by atoms with van der Waals surface area (Å²) in [7, 11) is -3.68. The van der Waals surface area contributed by atoms with Gasteiger partial charge in [0.05, 0.1) is 10.4 Å². The molecule has 0 spiro atoms. The average molecular weight is 366 g/mol. The normalized spacial score (nSPS) is 19.3. The van der Waals surface area contributed by atoms with E-state index in [1.54, 1.807) is 18.3 Å². The first-order valence-electron chi connectivity index (χ1n) is 7.93.